The van der Waals surface area contributed by atoms with Crippen molar-refractivity contribution in [2.24, 2.45) is 5.92 Å². The van der Waals surface area contributed by atoms with Gasteiger partial charge in [0, 0.05) is 19.5 Å². The summed E-state index contributed by atoms with van der Waals surface area (Å²) in [7, 11) is 0. The fourth-order valence-corrected chi connectivity index (χ4v) is 2.81. The Morgan fingerprint density at radius 3 is 2.55 bits per heavy atom. The van der Waals surface area contributed by atoms with Crippen LogP contribution in [0.5, 0.6) is 0 Å². The highest BCUT2D eigenvalue weighted by molar-refractivity contribution is 5.93. The van der Waals surface area contributed by atoms with Crippen molar-refractivity contribution in [2.45, 2.75) is 19.3 Å². The minimum Gasteiger partial charge on any atom is -0.481 e. The first-order chi connectivity index (χ1) is 10.6. The topological polar surface area (TPSA) is 83.4 Å². The molecule has 0 spiro atoms. The number of carboxylic acids is 1. The summed E-state index contributed by atoms with van der Waals surface area (Å²) in [5, 5.41) is 8.82. The molecule has 1 fully saturated rings. The van der Waals surface area contributed by atoms with Gasteiger partial charge in [-0.15, -0.1) is 0 Å². The number of aromatic nitrogens is 2. The number of carboxylic acid groups (broad SMARTS) is 1. The summed E-state index contributed by atoms with van der Waals surface area (Å²) in [6.07, 6.45) is 3.13. The molecule has 1 aromatic heterocycles. The summed E-state index contributed by atoms with van der Waals surface area (Å²) in [5.41, 5.74) is 1.81. The van der Waals surface area contributed by atoms with Crippen LogP contribution >= 0.6 is 0 Å². The summed E-state index contributed by atoms with van der Waals surface area (Å²) >= 11 is 0. The molecule has 0 radical (unpaired) electrons. The van der Waals surface area contributed by atoms with Crippen LogP contribution in [0.2, 0.25) is 0 Å². The molecule has 1 saturated heterocycles. The third-order valence-corrected chi connectivity index (χ3v) is 4.03. The smallest absolute Gasteiger partial charge is 0.303 e. The van der Waals surface area contributed by atoms with E-state index in [-0.39, 0.29) is 18.2 Å². The molecule has 6 nitrogen and oxygen atoms in total. The second-order valence-corrected chi connectivity index (χ2v) is 5.58. The second kappa shape index (κ2) is 6.09. The summed E-state index contributed by atoms with van der Waals surface area (Å²) in [5.74, 6) is -0.749. The lowest BCUT2D eigenvalue weighted by atomic mass is 9.93. The Labute approximate surface area is 127 Å². The molecule has 1 aromatic carbocycles. The first-order valence-electron chi connectivity index (χ1n) is 7.36. The lowest BCUT2D eigenvalue weighted by Gasteiger charge is -2.31. The lowest BCUT2D eigenvalue weighted by molar-refractivity contribution is -0.138. The molecule has 22 heavy (non-hydrogen) atoms. The number of carbonyl (C=O) groups excluding carboxylic acids is 1. The highest BCUT2D eigenvalue weighted by Gasteiger charge is 2.25. The van der Waals surface area contributed by atoms with Gasteiger partial charge >= 0.3 is 5.97 Å². The van der Waals surface area contributed by atoms with E-state index in [1.54, 1.807) is 4.90 Å². The van der Waals surface area contributed by atoms with Crippen LogP contribution in [0, 0.1) is 5.92 Å². The number of benzene rings is 1. The van der Waals surface area contributed by atoms with Crippen LogP contribution in [0.15, 0.2) is 30.5 Å². The quantitative estimate of drug-likeness (QED) is 0.936. The standard InChI is InChI=1S/C16H17N3O3/c20-15(21)9-11-5-7-19(8-6-11)16(22)14-10-17-12-3-1-2-4-13(12)18-14/h1-4,10-11H,5-9H2,(H,20,21). The third kappa shape index (κ3) is 3.05. The van der Waals surface area contributed by atoms with Gasteiger partial charge in [-0.05, 0) is 30.9 Å². The normalized spacial score (nSPS) is 15.9. The van der Waals surface area contributed by atoms with Crippen LogP contribution in [0.3, 0.4) is 0 Å². The molecule has 0 aliphatic carbocycles. The summed E-state index contributed by atoms with van der Waals surface area (Å²) in [6, 6.07) is 7.43. The minimum atomic E-state index is -0.773. The number of piperidine rings is 1. The van der Waals surface area contributed by atoms with E-state index in [4.69, 9.17) is 5.11 Å². The van der Waals surface area contributed by atoms with Gasteiger partial charge < -0.3 is 10.0 Å². The number of fused-ring (bicyclic) bond motifs is 1. The van der Waals surface area contributed by atoms with E-state index in [1.165, 1.54) is 6.20 Å². The molecule has 3 rings (SSSR count). The van der Waals surface area contributed by atoms with Crippen LogP contribution in [-0.2, 0) is 4.79 Å². The zero-order valence-corrected chi connectivity index (χ0v) is 12.1. The van der Waals surface area contributed by atoms with Gasteiger partial charge in [-0.1, -0.05) is 12.1 Å². The Balaban J connectivity index is 1.69. The molecule has 1 aliphatic rings. The summed E-state index contributed by atoms with van der Waals surface area (Å²) in [4.78, 5) is 33.6. The van der Waals surface area contributed by atoms with Crippen LogP contribution < -0.4 is 0 Å². The van der Waals surface area contributed by atoms with Crippen LogP contribution in [-0.4, -0.2) is 44.9 Å². The molecule has 6 heteroatoms. The molecular formula is C16H17N3O3. The van der Waals surface area contributed by atoms with Crippen molar-refractivity contribution in [3.05, 3.63) is 36.2 Å². The van der Waals surface area contributed by atoms with Gasteiger partial charge in [0.2, 0.25) is 0 Å². The van der Waals surface area contributed by atoms with Crippen LogP contribution in [0.25, 0.3) is 11.0 Å². The van der Waals surface area contributed by atoms with E-state index >= 15 is 0 Å². The average molecular weight is 299 g/mol. The van der Waals surface area contributed by atoms with E-state index in [1.807, 2.05) is 24.3 Å². The van der Waals surface area contributed by atoms with Crippen LogP contribution in [0.4, 0.5) is 0 Å². The Hall–Kier alpha value is -2.50. The largest absolute Gasteiger partial charge is 0.481 e. The molecule has 0 atom stereocenters. The van der Waals surface area contributed by atoms with Crippen molar-refractivity contribution in [2.75, 3.05) is 13.1 Å². The highest BCUT2D eigenvalue weighted by Crippen LogP contribution is 2.21. The molecule has 1 amide bonds. The zero-order chi connectivity index (χ0) is 15.5. The summed E-state index contributed by atoms with van der Waals surface area (Å²) < 4.78 is 0. The van der Waals surface area contributed by atoms with Gasteiger partial charge in [0.1, 0.15) is 5.69 Å². The molecule has 2 heterocycles. The van der Waals surface area contributed by atoms with E-state index in [0.717, 1.165) is 18.4 Å². The van der Waals surface area contributed by atoms with Gasteiger partial charge in [0.05, 0.1) is 17.2 Å². The Bertz CT molecular complexity index is 709. The van der Waals surface area contributed by atoms with Crippen molar-refractivity contribution in [3.63, 3.8) is 0 Å². The zero-order valence-electron chi connectivity index (χ0n) is 12.1. The van der Waals surface area contributed by atoms with Crippen molar-refractivity contribution in [1.82, 2.24) is 14.9 Å². The first-order valence-corrected chi connectivity index (χ1v) is 7.36. The van der Waals surface area contributed by atoms with Gasteiger partial charge in [-0.2, -0.15) is 0 Å². The van der Waals surface area contributed by atoms with Gasteiger partial charge in [-0.25, -0.2) is 4.98 Å². The minimum absolute atomic E-state index is 0.132. The Morgan fingerprint density at radius 2 is 1.86 bits per heavy atom. The number of aliphatic carboxylic acids is 1. The molecule has 0 bridgehead atoms. The molecule has 1 aliphatic heterocycles. The highest BCUT2D eigenvalue weighted by atomic mass is 16.4. The van der Waals surface area contributed by atoms with Crippen molar-refractivity contribution in [3.8, 4) is 0 Å². The number of rotatable bonds is 3. The molecule has 114 valence electrons. The molecule has 2 aromatic rings. The summed E-state index contributed by atoms with van der Waals surface area (Å²) in [6.45, 7) is 1.15. The fourth-order valence-electron chi connectivity index (χ4n) is 2.81. The predicted molar refractivity (Wildman–Crippen MR) is 80.4 cm³/mol. The Morgan fingerprint density at radius 1 is 1.18 bits per heavy atom. The lowest BCUT2D eigenvalue weighted by Crippen LogP contribution is -2.39. The van der Waals surface area contributed by atoms with Crippen molar-refractivity contribution < 1.29 is 14.7 Å². The monoisotopic (exact) mass is 299 g/mol. The maximum Gasteiger partial charge on any atom is 0.303 e. The number of para-hydroxylation sites is 2. The molecule has 1 N–H and O–H groups in total. The van der Waals surface area contributed by atoms with Crippen molar-refractivity contribution >= 4 is 22.9 Å². The van der Waals surface area contributed by atoms with Gasteiger partial charge in [0.15, 0.2) is 0 Å². The predicted octanol–water partition coefficient (Wildman–Crippen LogP) is 1.96. The van der Waals surface area contributed by atoms with E-state index in [0.29, 0.717) is 24.3 Å². The van der Waals surface area contributed by atoms with Crippen molar-refractivity contribution in [1.29, 1.82) is 0 Å². The van der Waals surface area contributed by atoms with E-state index < -0.39 is 5.97 Å². The number of nitrogens with zero attached hydrogens (tertiary/aromatic N) is 3. The van der Waals surface area contributed by atoms with Gasteiger partial charge in [0.25, 0.3) is 5.91 Å². The number of carbonyl (C=O) groups is 2. The number of amides is 1. The van der Waals surface area contributed by atoms with E-state index in [9.17, 15) is 9.59 Å². The molecule has 0 saturated carbocycles. The molecular weight excluding hydrogens is 282 g/mol. The second-order valence-electron chi connectivity index (χ2n) is 5.58. The number of hydrogen-bond donors (Lipinski definition) is 1. The first kappa shape index (κ1) is 14.4. The number of likely N-dealkylation sites (tertiary alicyclic amines) is 1. The van der Waals surface area contributed by atoms with Gasteiger partial charge in [-0.3, -0.25) is 14.6 Å². The average Bonchev–Trinajstić information content (AvgIpc) is 2.54. The maximum atomic E-state index is 12.5. The Kier molecular flexibility index (Phi) is 4.00. The van der Waals surface area contributed by atoms with E-state index in [2.05, 4.69) is 9.97 Å². The van der Waals surface area contributed by atoms with Crippen LogP contribution in [0.1, 0.15) is 29.8 Å². The SMILES string of the molecule is O=C(O)CC1CCN(C(=O)c2cnc3ccccc3n2)CC1. The number of hydrogen-bond acceptors (Lipinski definition) is 4. The third-order valence-electron chi connectivity index (χ3n) is 4.03. The fraction of sp³-hybridized carbons (Fsp3) is 0.375. The molecule has 0 unspecified atom stereocenters. The maximum absolute atomic E-state index is 12.5.